The number of thioether (sulfide) groups is 1. The molecular formula is C21H17FN4O2S2. The second-order valence-electron chi connectivity index (χ2n) is 6.70. The first-order valence-electron chi connectivity index (χ1n) is 9.11. The summed E-state index contributed by atoms with van der Waals surface area (Å²) >= 11 is 2.64. The van der Waals surface area contributed by atoms with Gasteiger partial charge in [0, 0.05) is 6.42 Å². The van der Waals surface area contributed by atoms with Crippen LogP contribution in [0.5, 0.6) is 0 Å². The summed E-state index contributed by atoms with van der Waals surface area (Å²) in [5.74, 6) is -0.998. The lowest BCUT2D eigenvalue weighted by Gasteiger charge is -2.22. The van der Waals surface area contributed by atoms with E-state index >= 15 is 0 Å². The van der Waals surface area contributed by atoms with Gasteiger partial charge in [0.2, 0.25) is 0 Å². The van der Waals surface area contributed by atoms with E-state index in [1.165, 1.54) is 17.1 Å². The second-order valence-corrected chi connectivity index (χ2v) is 8.59. The number of hydrazone groups is 1. The molecule has 0 saturated carbocycles. The summed E-state index contributed by atoms with van der Waals surface area (Å²) in [7, 11) is 0. The molecule has 0 N–H and O–H groups in total. The Morgan fingerprint density at radius 3 is 2.73 bits per heavy atom. The largest absolute Gasteiger partial charge is 0.280 e. The highest BCUT2D eigenvalue weighted by Gasteiger charge is 2.33. The van der Waals surface area contributed by atoms with Crippen LogP contribution in [0, 0.1) is 5.82 Å². The van der Waals surface area contributed by atoms with Crippen molar-refractivity contribution in [3.63, 3.8) is 0 Å². The number of rotatable bonds is 4. The van der Waals surface area contributed by atoms with E-state index in [9.17, 15) is 14.0 Å². The summed E-state index contributed by atoms with van der Waals surface area (Å²) in [6.45, 7) is 5.32. The van der Waals surface area contributed by atoms with Gasteiger partial charge in [-0.2, -0.15) is 10.1 Å². The average Bonchev–Trinajstić information content (AvgIpc) is 3.40. The number of carbonyl (C=O) groups excluding carboxylic acids is 2. The predicted octanol–water partition coefficient (Wildman–Crippen LogP) is 4.21. The molecule has 1 atom stereocenters. The van der Waals surface area contributed by atoms with Gasteiger partial charge in [-0.15, -0.1) is 11.3 Å². The van der Waals surface area contributed by atoms with Crippen LogP contribution in [0.15, 0.2) is 69.0 Å². The van der Waals surface area contributed by atoms with Gasteiger partial charge in [-0.05, 0) is 36.1 Å². The van der Waals surface area contributed by atoms with Crippen LogP contribution in [-0.2, 0) is 9.59 Å². The Bertz CT molecular complexity index is 1100. The van der Waals surface area contributed by atoms with Crippen molar-refractivity contribution in [3.8, 4) is 0 Å². The molecule has 3 heterocycles. The summed E-state index contributed by atoms with van der Waals surface area (Å²) in [4.78, 5) is 33.9. The van der Waals surface area contributed by atoms with Crippen LogP contribution in [0.25, 0.3) is 0 Å². The maximum Gasteiger partial charge on any atom is 0.280 e. The molecule has 0 saturated heterocycles. The van der Waals surface area contributed by atoms with Crippen molar-refractivity contribution >= 4 is 51.5 Å². The van der Waals surface area contributed by atoms with E-state index < -0.39 is 5.91 Å². The molecule has 1 aromatic carbocycles. The number of carbonyl (C=O) groups is 2. The van der Waals surface area contributed by atoms with Crippen molar-refractivity contribution in [1.82, 2.24) is 5.01 Å². The number of hydrogen-bond acceptors (Lipinski definition) is 6. The van der Waals surface area contributed by atoms with E-state index in [0.29, 0.717) is 12.1 Å². The minimum Gasteiger partial charge on any atom is -0.272 e. The molecule has 6 nitrogen and oxygen atoms in total. The van der Waals surface area contributed by atoms with E-state index in [1.54, 1.807) is 30.4 Å². The highest BCUT2D eigenvalue weighted by Crippen LogP contribution is 2.34. The Balaban J connectivity index is 1.54. The maximum atomic E-state index is 13.4. The zero-order chi connectivity index (χ0) is 21.3. The normalized spacial score (nSPS) is 18.9. The molecule has 2 aromatic rings. The van der Waals surface area contributed by atoms with Gasteiger partial charge in [-0.1, -0.05) is 36.5 Å². The monoisotopic (exact) mass is 440 g/mol. The van der Waals surface area contributed by atoms with Crippen LogP contribution in [0.2, 0.25) is 0 Å². The third-order valence-electron chi connectivity index (χ3n) is 4.71. The first-order valence-corrected chi connectivity index (χ1v) is 11.0. The molecule has 0 radical (unpaired) electrons. The summed E-state index contributed by atoms with van der Waals surface area (Å²) < 4.78 is 13.4. The van der Waals surface area contributed by atoms with Crippen LogP contribution >= 0.6 is 23.1 Å². The lowest BCUT2D eigenvalue weighted by molar-refractivity contribution is -0.130. The van der Waals surface area contributed by atoms with Crippen molar-refractivity contribution in [3.05, 3.63) is 70.2 Å². The van der Waals surface area contributed by atoms with Crippen LogP contribution in [0.1, 0.15) is 29.8 Å². The lowest BCUT2D eigenvalue weighted by Crippen LogP contribution is -2.29. The lowest BCUT2D eigenvalue weighted by atomic mass is 10.0. The van der Waals surface area contributed by atoms with Gasteiger partial charge in [0.1, 0.15) is 5.82 Å². The molecule has 0 bridgehead atoms. The SMILES string of the molecule is C=C1C(=O)N=C(SCC(=O)N2N=C(c3cccs3)CC2c2ccc(F)cc2)N=C1C. The van der Waals surface area contributed by atoms with Gasteiger partial charge < -0.3 is 0 Å². The van der Waals surface area contributed by atoms with Gasteiger partial charge in [0.25, 0.3) is 11.8 Å². The minimum atomic E-state index is -0.444. The standard InChI is InChI=1S/C21H17FN4O2S2/c1-12-13(2)23-21(24-20(12)28)30-11-19(27)26-17(14-5-7-15(22)8-6-14)10-16(25-26)18-4-3-9-29-18/h3-9,17H,1,10-11H2,2H3. The Kier molecular flexibility index (Phi) is 5.74. The van der Waals surface area contributed by atoms with E-state index in [4.69, 9.17) is 0 Å². The molecule has 1 unspecified atom stereocenters. The molecule has 0 aliphatic carbocycles. The van der Waals surface area contributed by atoms with Crippen LogP contribution < -0.4 is 0 Å². The topological polar surface area (TPSA) is 74.5 Å². The van der Waals surface area contributed by atoms with Gasteiger partial charge in [-0.25, -0.2) is 14.4 Å². The number of hydrogen-bond donors (Lipinski definition) is 0. The molecule has 30 heavy (non-hydrogen) atoms. The van der Waals surface area contributed by atoms with E-state index in [0.717, 1.165) is 27.9 Å². The predicted molar refractivity (Wildman–Crippen MR) is 119 cm³/mol. The van der Waals surface area contributed by atoms with Crippen LogP contribution in [0.4, 0.5) is 4.39 Å². The third kappa shape index (κ3) is 4.17. The van der Waals surface area contributed by atoms with Crippen molar-refractivity contribution in [2.75, 3.05) is 5.75 Å². The molecule has 2 aliphatic heterocycles. The number of nitrogens with zero attached hydrogens (tertiary/aromatic N) is 4. The Labute approximate surface area is 180 Å². The van der Waals surface area contributed by atoms with Crippen molar-refractivity contribution in [2.45, 2.75) is 19.4 Å². The Morgan fingerprint density at radius 1 is 1.30 bits per heavy atom. The molecule has 9 heteroatoms. The van der Waals surface area contributed by atoms with E-state index in [-0.39, 0.29) is 34.3 Å². The fraction of sp³-hybridized carbons (Fsp3) is 0.190. The number of amides is 2. The van der Waals surface area contributed by atoms with E-state index in [1.807, 2.05) is 17.5 Å². The molecular weight excluding hydrogens is 423 g/mol. The summed E-state index contributed by atoms with van der Waals surface area (Å²) in [5, 5.41) is 8.19. The fourth-order valence-electron chi connectivity index (χ4n) is 3.08. The molecule has 2 amide bonds. The highest BCUT2D eigenvalue weighted by atomic mass is 32.2. The van der Waals surface area contributed by atoms with Gasteiger partial charge in [-0.3, -0.25) is 9.59 Å². The third-order valence-corrected chi connectivity index (χ3v) is 6.46. The Hall–Kier alpha value is -2.91. The van der Waals surface area contributed by atoms with Crippen LogP contribution in [0.3, 0.4) is 0 Å². The number of aliphatic imine (C=N–C) groups is 2. The minimum absolute atomic E-state index is 0.0221. The molecule has 152 valence electrons. The second kappa shape index (κ2) is 8.45. The van der Waals surface area contributed by atoms with Crippen LogP contribution in [-0.4, -0.2) is 39.2 Å². The number of amidine groups is 1. The van der Waals surface area contributed by atoms with Crippen molar-refractivity contribution in [2.24, 2.45) is 15.1 Å². The fourth-order valence-corrected chi connectivity index (χ4v) is 4.53. The van der Waals surface area contributed by atoms with Gasteiger partial charge in [0.05, 0.1) is 33.7 Å². The summed E-state index contributed by atoms with van der Waals surface area (Å²) in [6.07, 6.45) is 0.541. The molecule has 4 rings (SSSR count). The van der Waals surface area contributed by atoms with Gasteiger partial charge >= 0.3 is 0 Å². The first-order chi connectivity index (χ1) is 14.4. The highest BCUT2D eigenvalue weighted by molar-refractivity contribution is 8.14. The first kappa shape index (κ1) is 20.4. The molecule has 1 aromatic heterocycles. The molecule has 2 aliphatic rings. The smallest absolute Gasteiger partial charge is 0.272 e. The number of benzene rings is 1. The average molecular weight is 441 g/mol. The number of thiophene rings is 1. The molecule has 0 spiro atoms. The Morgan fingerprint density at radius 2 is 2.07 bits per heavy atom. The molecule has 0 fully saturated rings. The zero-order valence-corrected chi connectivity index (χ0v) is 17.7. The maximum absolute atomic E-state index is 13.4. The summed E-state index contributed by atoms with van der Waals surface area (Å²) in [6, 6.07) is 9.66. The number of halogens is 1. The quantitative estimate of drug-likeness (QED) is 0.669. The van der Waals surface area contributed by atoms with E-state index in [2.05, 4.69) is 21.7 Å². The van der Waals surface area contributed by atoms with Crippen molar-refractivity contribution in [1.29, 1.82) is 0 Å². The van der Waals surface area contributed by atoms with Gasteiger partial charge in [0.15, 0.2) is 5.17 Å². The van der Waals surface area contributed by atoms with Crippen molar-refractivity contribution < 1.29 is 14.0 Å². The summed E-state index contributed by atoms with van der Waals surface area (Å²) in [5.41, 5.74) is 2.37. The zero-order valence-electron chi connectivity index (χ0n) is 16.0.